The molecule has 14 heavy (non-hydrogen) atoms. The lowest BCUT2D eigenvalue weighted by Crippen LogP contribution is -2.30. The lowest BCUT2D eigenvalue weighted by Gasteiger charge is -2.24. The molecular weight excluding hydrogens is 180 g/mol. The lowest BCUT2D eigenvalue weighted by atomic mass is 10.2. The standard InChI is InChI=1S/C9H12N4O/c1-2-13-5-3-4-6-7(13)11-9(10)12-8(6)14/h3-4H,2,5H2,1H3,(H3,10,11,12,14). The predicted molar refractivity (Wildman–Crippen MR) is 56.2 cm³/mol. The largest absolute Gasteiger partial charge is 0.369 e. The summed E-state index contributed by atoms with van der Waals surface area (Å²) in [5, 5.41) is 0. The van der Waals surface area contributed by atoms with Crippen LogP contribution in [0.3, 0.4) is 0 Å². The number of nitrogens with two attached hydrogens (primary N) is 1. The molecule has 2 rings (SSSR count). The maximum Gasteiger partial charge on any atom is 0.261 e. The second-order valence-corrected chi connectivity index (χ2v) is 3.13. The van der Waals surface area contributed by atoms with Gasteiger partial charge >= 0.3 is 0 Å². The van der Waals surface area contributed by atoms with E-state index in [1.54, 1.807) is 6.08 Å². The highest BCUT2D eigenvalue weighted by Crippen LogP contribution is 2.19. The summed E-state index contributed by atoms with van der Waals surface area (Å²) in [7, 11) is 0. The number of fused-ring (bicyclic) bond motifs is 1. The maximum absolute atomic E-state index is 11.5. The third-order valence-corrected chi connectivity index (χ3v) is 2.25. The fraction of sp³-hybridized carbons (Fsp3) is 0.333. The molecule has 0 radical (unpaired) electrons. The van der Waals surface area contributed by atoms with Crippen LogP contribution in [0.25, 0.3) is 6.08 Å². The van der Waals surface area contributed by atoms with Gasteiger partial charge in [-0.25, -0.2) is 0 Å². The highest BCUT2D eigenvalue weighted by Gasteiger charge is 2.16. The minimum absolute atomic E-state index is 0.169. The van der Waals surface area contributed by atoms with Crippen LogP contribution in [0.4, 0.5) is 11.8 Å². The van der Waals surface area contributed by atoms with Gasteiger partial charge in [0.25, 0.3) is 5.56 Å². The van der Waals surface area contributed by atoms with Crippen molar-refractivity contribution in [1.82, 2.24) is 9.97 Å². The van der Waals surface area contributed by atoms with E-state index in [0.717, 1.165) is 13.1 Å². The highest BCUT2D eigenvalue weighted by molar-refractivity contribution is 5.67. The maximum atomic E-state index is 11.5. The van der Waals surface area contributed by atoms with Crippen LogP contribution in [0.15, 0.2) is 10.9 Å². The first-order valence-electron chi connectivity index (χ1n) is 4.53. The lowest BCUT2D eigenvalue weighted by molar-refractivity contribution is 0.865. The molecule has 3 N–H and O–H groups in total. The van der Waals surface area contributed by atoms with Gasteiger partial charge in [-0.3, -0.25) is 9.78 Å². The van der Waals surface area contributed by atoms with E-state index in [-0.39, 0.29) is 11.5 Å². The van der Waals surface area contributed by atoms with E-state index in [1.165, 1.54) is 0 Å². The number of likely N-dealkylation sites (N-methyl/N-ethyl adjacent to an activating group) is 1. The van der Waals surface area contributed by atoms with Crippen LogP contribution < -0.4 is 16.2 Å². The van der Waals surface area contributed by atoms with Gasteiger partial charge in [0.2, 0.25) is 5.95 Å². The molecule has 0 atom stereocenters. The Balaban J connectivity index is 2.64. The van der Waals surface area contributed by atoms with Gasteiger partial charge < -0.3 is 10.6 Å². The molecule has 0 unspecified atom stereocenters. The van der Waals surface area contributed by atoms with Crippen molar-refractivity contribution in [2.24, 2.45) is 0 Å². The zero-order chi connectivity index (χ0) is 10.1. The number of hydrogen-bond donors (Lipinski definition) is 2. The SMILES string of the molecule is CCN1CC=Cc2c1nc(N)[nH]c2=O. The molecule has 0 bridgehead atoms. The van der Waals surface area contributed by atoms with Crippen molar-refractivity contribution in [3.8, 4) is 0 Å². The molecule has 74 valence electrons. The predicted octanol–water partition coefficient (Wildman–Crippen LogP) is 0.205. The summed E-state index contributed by atoms with van der Waals surface area (Å²) < 4.78 is 0. The summed E-state index contributed by atoms with van der Waals surface area (Å²) >= 11 is 0. The van der Waals surface area contributed by atoms with Crippen LogP contribution in [0.2, 0.25) is 0 Å². The molecule has 1 aromatic rings. The van der Waals surface area contributed by atoms with Crippen LogP contribution in [0, 0.1) is 0 Å². The number of rotatable bonds is 1. The Morgan fingerprint density at radius 1 is 1.71 bits per heavy atom. The van der Waals surface area contributed by atoms with Crippen molar-refractivity contribution in [1.29, 1.82) is 0 Å². The first-order chi connectivity index (χ1) is 6.72. The third-order valence-electron chi connectivity index (χ3n) is 2.25. The minimum atomic E-state index is -0.179. The summed E-state index contributed by atoms with van der Waals surface area (Å²) in [5.74, 6) is 0.846. The zero-order valence-corrected chi connectivity index (χ0v) is 7.95. The molecule has 1 aromatic heterocycles. The summed E-state index contributed by atoms with van der Waals surface area (Å²) in [5.41, 5.74) is 5.89. The number of aromatic amines is 1. The first-order valence-corrected chi connectivity index (χ1v) is 4.53. The normalized spacial score (nSPS) is 14.2. The third kappa shape index (κ3) is 1.26. The summed E-state index contributed by atoms with van der Waals surface area (Å²) in [6, 6.07) is 0. The first kappa shape index (κ1) is 8.80. The fourth-order valence-corrected chi connectivity index (χ4v) is 1.54. The van der Waals surface area contributed by atoms with Crippen LogP contribution in [-0.2, 0) is 0 Å². The molecule has 5 heteroatoms. The molecule has 1 aliphatic heterocycles. The Labute approximate surface area is 81.3 Å². The number of anilines is 2. The molecule has 0 amide bonds. The topological polar surface area (TPSA) is 75.0 Å². The molecule has 5 nitrogen and oxygen atoms in total. The summed E-state index contributed by atoms with van der Waals surface area (Å²) in [4.78, 5) is 20.1. The quantitative estimate of drug-likeness (QED) is 0.666. The van der Waals surface area contributed by atoms with Gasteiger partial charge in [-0.2, -0.15) is 4.98 Å². The Kier molecular flexibility index (Phi) is 1.99. The van der Waals surface area contributed by atoms with E-state index in [1.807, 2.05) is 17.9 Å². The molecule has 0 spiro atoms. The van der Waals surface area contributed by atoms with Crippen molar-refractivity contribution in [3.05, 3.63) is 22.0 Å². The Morgan fingerprint density at radius 3 is 3.21 bits per heavy atom. The molecule has 1 aliphatic rings. The summed E-state index contributed by atoms with van der Waals surface area (Å²) in [6.45, 7) is 3.61. The van der Waals surface area contributed by atoms with E-state index >= 15 is 0 Å². The number of nitrogen functional groups attached to an aromatic ring is 1. The number of nitrogens with zero attached hydrogens (tertiary/aromatic N) is 2. The van der Waals surface area contributed by atoms with Crippen LogP contribution in [0.5, 0.6) is 0 Å². The molecule has 2 heterocycles. The number of hydrogen-bond acceptors (Lipinski definition) is 4. The average Bonchev–Trinajstić information content (AvgIpc) is 2.17. The van der Waals surface area contributed by atoms with E-state index < -0.39 is 0 Å². The number of H-pyrrole nitrogens is 1. The number of nitrogens with one attached hydrogen (secondary N) is 1. The summed E-state index contributed by atoms with van der Waals surface area (Å²) in [6.07, 6.45) is 3.73. The van der Waals surface area contributed by atoms with E-state index in [9.17, 15) is 4.79 Å². The van der Waals surface area contributed by atoms with Gasteiger partial charge in [-0.1, -0.05) is 6.08 Å². The molecule has 0 fully saturated rings. The Bertz CT molecular complexity index is 435. The van der Waals surface area contributed by atoms with E-state index in [2.05, 4.69) is 9.97 Å². The number of aromatic nitrogens is 2. The molecule has 0 aromatic carbocycles. The molecule has 0 aliphatic carbocycles. The van der Waals surface area contributed by atoms with Gasteiger partial charge in [0, 0.05) is 13.1 Å². The second-order valence-electron chi connectivity index (χ2n) is 3.13. The Morgan fingerprint density at radius 2 is 2.50 bits per heavy atom. The van der Waals surface area contributed by atoms with E-state index in [0.29, 0.717) is 11.4 Å². The van der Waals surface area contributed by atoms with Gasteiger partial charge in [0.05, 0.1) is 5.56 Å². The van der Waals surface area contributed by atoms with E-state index in [4.69, 9.17) is 5.73 Å². The second kappa shape index (κ2) is 3.17. The van der Waals surface area contributed by atoms with Crippen molar-refractivity contribution in [2.75, 3.05) is 23.7 Å². The zero-order valence-electron chi connectivity index (χ0n) is 7.95. The minimum Gasteiger partial charge on any atom is -0.369 e. The molecule has 0 saturated heterocycles. The average molecular weight is 192 g/mol. The van der Waals surface area contributed by atoms with Gasteiger partial charge in [0.15, 0.2) is 0 Å². The smallest absolute Gasteiger partial charge is 0.261 e. The fourth-order valence-electron chi connectivity index (χ4n) is 1.54. The van der Waals surface area contributed by atoms with Crippen LogP contribution >= 0.6 is 0 Å². The monoisotopic (exact) mass is 192 g/mol. The van der Waals surface area contributed by atoms with Crippen LogP contribution in [0.1, 0.15) is 12.5 Å². The van der Waals surface area contributed by atoms with Gasteiger partial charge in [0.1, 0.15) is 5.82 Å². The van der Waals surface area contributed by atoms with Crippen molar-refractivity contribution in [3.63, 3.8) is 0 Å². The van der Waals surface area contributed by atoms with Gasteiger partial charge in [-0.05, 0) is 13.0 Å². The van der Waals surface area contributed by atoms with Gasteiger partial charge in [-0.15, -0.1) is 0 Å². The van der Waals surface area contributed by atoms with Crippen molar-refractivity contribution >= 4 is 17.8 Å². The van der Waals surface area contributed by atoms with Crippen molar-refractivity contribution < 1.29 is 0 Å². The molecule has 0 saturated carbocycles. The van der Waals surface area contributed by atoms with Crippen LogP contribution in [-0.4, -0.2) is 23.1 Å². The highest BCUT2D eigenvalue weighted by atomic mass is 16.1. The Hall–Kier alpha value is -1.78. The van der Waals surface area contributed by atoms with Crippen molar-refractivity contribution in [2.45, 2.75) is 6.92 Å². The molecular formula is C9H12N4O.